The molecular weight excluding hydrogens is 340 g/mol. The van der Waals surface area contributed by atoms with Crippen LogP contribution in [0.5, 0.6) is 11.5 Å². The van der Waals surface area contributed by atoms with Gasteiger partial charge in [-0.05, 0) is 36.4 Å². The first-order valence-electron chi connectivity index (χ1n) is 7.73. The quantitative estimate of drug-likeness (QED) is 0.629. The number of ether oxygens (including phenoxy) is 3. The van der Waals surface area contributed by atoms with Crippen LogP contribution in [0.25, 0.3) is 0 Å². The fourth-order valence-electron chi connectivity index (χ4n) is 2.34. The highest BCUT2D eigenvalue weighted by Crippen LogP contribution is 2.34. The highest BCUT2D eigenvalue weighted by Gasteiger charge is 2.15. The number of hydrogen-bond acceptors (Lipinski definition) is 6. The van der Waals surface area contributed by atoms with Crippen LogP contribution >= 0.6 is 0 Å². The zero-order chi connectivity index (χ0) is 18.5. The van der Waals surface area contributed by atoms with Gasteiger partial charge in [0, 0.05) is 17.4 Å². The Kier molecular flexibility index (Phi) is 5.02. The smallest absolute Gasteiger partial charge is 0.337 e. The third kappa shape index (κ3) is 4.10. The van der Waals surface area contributed by atoms with E-state index in [0.29, 0.717) is 28.4 Å². The molecule has 0 radical (unpaired) electrons. The first-order valence-corrected chi connectivity index (χ1v) is 7.73. The van der Waals surface area contributed by atoms with Gasteiger partial charge in [0.2, 0.25) is 18.6 Å². The predicted molar refractivity (Wildman–Crippen MR) is 92.2 cm³/mol. The minimum Gasteiger partial charge on any atom is -0.465 e. The van der Waals surface area contributed by atoms with Crippen molar-refractivity contribution >= 4 is 29.2 Å². The van der Waals surface area contributed by atoms with Crippen LogP contribution in [-0.2, 0) is 14.3 Å². The summed E-state index contributed by atoms with van der Waals surface area (Å²) in [6.45, 7) is 0.143. The zero-order valence-corrected chi connectivity index (χ0v) is 13.9. The van der Waals surface area contributed by atoms with E-state index in [1.807, 2.05) is 0 Å². The highest BCUT2D eigenvalue weighted by molar-refractivity contribution is 6.08. The molecule has 2 aromatic carbocycles. The lowest BCUT2D eigenvalue weighted by Gasteiger charge is -2.08. The molecule has 0 atom stereocenters. The molecule has 0 spiro atoms. The molecule has 2 aromatic rings. The number of rotatable bonds is 5. The molecule has 134 valence electrons. The van der Waals surface area contributed by atoms with Gasteiger partial charge >= 0.3 is 5.97 Å². The van der Waals surface area contributed by atoms with E-state index in [2.05, 4.69) is 15.4 Å². The molecule has 1 aliphatic rings. The fourth-order valence-corrected chi connectivity index (χ4v) is 2.34. The number of benzene rings is 2. The lowest BCUT2D eigenvalue weighted by Crippen LogP contribution is -2.21. The molecule has 26 heavy (non-hydrogen) atoms. The molecule has 1 heterocycles. The minimum absolute atomic E-state index is 0.143. The molecule has 0 bridgehead atoms. The van der Waals surface area contributed by atoms with Gasteiger partial charge < -0.3 is 24.8 Å². The standard InChI is InChI=1S/C18H16N2O6/c1-24-18(23)11-2-4-12(5-3-11)19-16(21)9-17(22)20-13-6-7-14-15(8-13)26-10-25-14/h2-8H,9-10H2,1H3,(H,19,21)(H,20,22). The Morgan fingerprint density at radius 3 is 2.23 bits per heavy atom. The van der Waals surface area contributed by atoms with Gasteiger partial charge in [0.15, 0.2) is 11.5 Å². The molecule has 3 rings (SSSR count). The van der Waals surface area contributed by atoms with Crippen LogP contribution in [-0.4, -0.2) is 31.7 Å². The summed E-state index contributed by atoms with van der Waals surface area (Å²) in [5, 5.41) is 5.21. The minimum atomic E-state index is -0.478. The Morgan fingerprint density at radius 2 is 1.54 bits per heavy atom. The van der Waals surface area contributed by atoms with Gasteiger partial charge in [-0.3, -0.25) is 9.59 Å². The summed E-state index contributed by atoms with van der Waals surface area (Å²) in [6, 6.07) is 11.1. The molecule has 0 saturated heterocycles. The number of carbonyl (C=O) groups is 3. The van der Waals surface area contributed by atoms with Gasteiger partial charge in [-0.15, -0.1) is 0 Å². The molecule has 0 saturated carbocycles. The Bertz CT molecular complexity index is 847. The third-order valence-electron chi connectivity index (χ3n) is 3.57. The number of esters is 1. The van der Waals surface area contributed by atoms with Crippen LogP contribution in [0.2, 0.25) is 0 Å². The average Bonchev–Trinajstić information content (AvgIpc) is 3.09. The van der Waals surface area contributed by atoms with E-state index in [9.17, 15) is 14.4 Å². The van der Waals surface area contributed by atoms with Gasteiger partial charge in [-0.25, -0.2) is 4.79 Å². The topological polar surface area (TPSA) is 103 Å². The highest BCUT2D eigenvalue weighted by atomic mass is 16.7. The maximum Gasteiger partial charge on any atom is 0.337 e. The molecule has 0 aromatic heterocycles. The largest absolute Gasteiger partial charge is 0.465 e. The summed E-state index contributed by atoms with van der Waals surface area (Å²) in [6.07, 6.45) is -0.354. The summed E-state index contributed by atoms with van der Waals surface area (Å²) >= 11 is 0. The van der Waals surface area contributed by atoms with Crippen molar-refractivity contribution in [1.29, 1.82) is 0 Å². The van der Waals surface area contributed by atoms with E-state index in [1.54, 1.807) is 30.3 Å². The van der Waals surface area contributed by atoms with Crippen LogP contribution < -0.4 is 20.1 Å². The summed E-state index contributed by atoms with van der Waals surface area (Å²) in [4.78, 5) is 35.3. The van der Waals surface area contributed by atoms with Crippen molar-refractivity contribution in [3.63, 3.8) is 0 Å². The van der Waals surface area contributed by atoms with Crippen molar-refractivity contribution in [3.05, 3.63) is 48.0 Å². The van der Waals surface area contributed by atoms with E-state index in [1.165, 1.54) is 19.2 Å². The van der Waals surface area contributed by atoms with Crippen molar-refractivity contribution < 1.29 is 28.6 Å². The van der Waals surface area contributed by atoms with Gasteiger partial charge in [0.05, 0.1) is 12.7 Å². The van der Waals surface area contributed by atoms with E-state index < -0.39 is 17.8 Å². The first-order chi connectivity index (χ1) is 12.5. The lowest BCUT2D eigenvalue weighted by atomic mass is 10.2. The monoisotopic (exact) mass is 356 g/mol. The number of carbonyl (C=O) groups excluding carboxylic acids is 3. The fraction of sp³-hybridized carbons (Fsp3) is 0.167. The number of fused-ring (bicyclic) bond motifs is 1. The van der Waals surface area contributed by atoms with Gasteiger partial charge in [-0.1, -0.05) is 0 Å². The maximum absolute atomic E-state index is 12.0. The van der Waals surface area contributed by atoms with Crippen LogP contribution in [0.4, 0.5) is 11.4 Å². The molecule has 8 nitrogen and oxygen atoms in total. The summed E-state index contributed by atoms with van der Waals surface area (Å²) < 4.78 is 15.0. The predicted octanol–water partition coefficient (Wildman–Crippen LogP) is 2.17. The van der Waals surface area contributed by atoms with E-state index in [-0.39, 0.29) is 13.2 Å². The average molecular weight is 356 g/mol. The number of anilines is 2. The molecule has 2 amide bonds. The van der Waals surface area contributed by atoms with Crippen LogP contribution in [0.1, 0.15) is 16.8 Å². The Balaban J connectivity index is 1.52. The van der Waals surface area contributed by atoms with Crippen LogP contribution in [0, 0.1) is 0 Å². The summed E-state index contributed by atoms with van der Waals surface area (Å²) in [5.74, 6) is -0.262. The van der Waals surface area contributed by atoms with Crippen LogP contribution in [0.3, 0.4) is 0 Å². The number of amides is 2. The molecule has 1 aliphatic heterocycles. The van der Waals surface area contributed by atoms with Crippen molar-refractivity contribution in [2.24, 2.45) is 0 Å². The number of hydrogen-bond donors (Lipinski definition) is 2. The van der Waals surface area contributed by atoms with Gasteiger partial charge in [-0.2, -0.15) is 0 Å². The summed E-state index contributed by atoms with van der Waals surface area (Å²) in [7, 11) is 1.29. The number of nitrogens with one attached hydrogen (secondary N) is 2. The Labute approximate surface area is 149 Å². The maximum atomic E-state index is 12.0. The van der Waals surface area contributed by atoms with Crippen molar-refractivity contribution in [3.8, 4) is 11.5 Å². The second-order valence-electron chi connectivity index (χ2n) is 5.41. The van der Waals surface area contributed by atoms with Crippen molar-refractivity contribution in [2.75, 3.05) is 24.5 Å². The van der Waals surface area contributed by atoms with Crippen LogP contribution in [0.15, 0.2) is 42.5 Å². The van der Waals surface area contributed by atoms with Gasteiger partial charge in [0.25, 0.3) is 0 Å². The molecule has 0 fully saturated rings. The molecule has 0 aliphatic carbocycles. The molecule has 8 heteroatoms. The Hall–Kier alpha value is -3.55. The molecule has 2 N–H and O–H groups in total. The molecular formula is C18H16N2O6. The summed E-state index contributed by atoms with van der Waals surface area (Å²) in [5.41, 5.74) is 1.35. The second-order valence-corrected chi connectivity index (χ2v) is 5.41. The third-order valence-corrected chi connectivity index (χ3v) is 3.57. The second kappa shape index (κ2) is 7.56. The normalized spacial score (nSPS) is 11.6. The van der Waals surface area contributed by atoms with Gasteiger partial charge in [0.1, 0.15) is 6.42 Å². The van der Waals surface area contributed by atoms with E-state index in [4.69, 9.17) is 9.47 Å². The zero-order valence-electron chi connectivity index (χ0n) is 13.9. The lowest BCUT2D eigenvalue weighted by molar-refractivity contribution is -0.123. The van der Waals surface area contributed by atoms with E-state index in [0.717, 1.165) is 0 Å². The van der Waals surface area contributed by atoms with E-state index >= 15 is 0 Å². The number of methoxy groups -OCH3 is 1. The van der Waals surface area contributed by atoms with Crippen molar-refractivity contribution in [1.82, 2.24) is 0 Å². The first kappa shape index (κ1) is 17.3. The van der Waals surface area contributed by atoms with Crippen molar-refractivity contribution in [2.45, 2.75) is 6.42 Å². The molecule has 0 unspecified atom stereocenters. The Morgan fingerprint density at radius 1 is 0.923 bits per heavy atom. The SMILES string of the molecule is COC(=O)c1ccc(NC(=O)CC(=O)Nc2ccc3c(c2)OCO3)cc1.